The van der Waals surface area contributed by atoms with Gasteiger partial charge in [-0.15, -0.1) is 12.4 Å². The fourth-order valence-corrected chi connectivity index (χ4v) is 2.61. The summed E-state index contributed by atoms with van der Waals surface area (Å²) in [5.41, 5.74) is 5.49. The van der Waals surface area contributed by atoms with Crippen molar-refractivity contribution in [2.24, 2.45) is 5.73 Å². The van der Waals surface area contributed by atoms with E-state index in [1.807, 2.05) is 0 Å². The minimum Gasteiger partial charge on any atom is -0.330 e. The Bertz CT molecular complexity index is 690. The van der Waals surface area contributed by atoms with E-state index in [4.69, 9.17) is 5.73 Å². The van der Waals surface area contributed by atoms with E-state index in [0.29, 0.717) is 13.0 Å². The molecule has 6 nitrogen and oxygen atoms in total. The number of halogens is 2. The van der Waals surface area contributed by atoms with Gasteiger partial charge in [-0.25, -0.2) is 22.2 Å². The number of aromatic nitrogens is 2. The molecule has 0 atom stereocenters. The number of rotatable bonds is 6. The Morgan fingerprint density at radius 1 is 1.33 bits per heavy atom. The molecule has 0 amide bonds. The topological polar surface area (TPSA) is 90.0 Å². The highest BCUT2D eigenvalue weighted by Crippen LogP contribution is 2.14. The van der Waals surface area contributed by atoms with Crippen molar-refractivity contribution in [1.82, 2.24) is 14.5 Å². The molecule has 0 saturated carbocycles. The summed E-state index contributed by atoms with van der Waals surface area (Å²) in [4.78, 5) is -0.0159. The van der Waals surface area contributed by atoms with Crippen LogP contribution in [0.25, 0.3) is 5.69 Å². The highest BCUT2D eigenvalue weighted by molar-refractivity contribution is 7.89. The van der Waals surface area contributed by atoms with Gasteiger partial charge in [0.25, 0.3) is 0 Å². The third-order valence-corrected chi connectivity index (χ3v) is 4.06. The van der Waals surface area contributed by atoms with Gasteiger partial charge in [-0.05, 0) is 25.1 Å². The lowest BCUT2D eigenvalue weighted by atomic mass is 10.3. The van der Waals surface area contributed by atoms with Crippen LogP contribution in [-0.4, -0.2) is 31.3 Å². The van der Waals surface area contributed by atoms with Crippen LogP contribution in [0.1, 0.15) is 6.42 Å². The van der Waals surface area contributed by atoms with Crippen LogP contribution < -0.4 is 10.5 Å². The van der Waals surface area contributed by atoms with Crippen molar-refractivity contribution in [3.05, 3.63) is 42.5 Å². The van der Waals surface area contributed by atoms with E-state index < -0.39 is 15.8 Å². The Labute approximate surface area is 128 Å². The molecule has 0 aliphatic carbocycles. The predicted molar refractivity (Wildman–Crippen MR) is 79.6 cm³/mol. The lowest BCUT2D eigenvalue weighted by molar-refractivity contribution is 0.579. The first-order valence-electron chi connectivity index (χ1n) is 6.04. The number of nitrogens with two attached hydrogens (primary N) is 1. The first kappa shape index (κ1) is 17.6. The zero-order valence-electron chi connectivity index (χ0n) is 11.1. The molecule has 0 unspecified atom stereocenters. The van der Waals surface area contributed by atoms with Crippen LogP contribution in [0.4, 0.5) is 4.39 Å². The van der Waals surface area contributed by atoms with Crippen molar-refractivity contribution >= 4 is 22.4 Å². The minimum absolute atomic E-state index is 0. The molecule has 0 fully saturated rings. The lowest BCUT2D eigenvalue weighted by Crippen LogP contribution is -2.25. The highest BCUT2D eigenvalue weighted by atomic mass is 35.5. The predicted octanol–water partition coefficient (Wildman–Crippen LogP) is 1.06. The van der Waals surface area contributed by atoms with Gasteiger partial charge in [0.05, 0.1) is 12.4 Å². The summed E-state index contributed by atoms with van der Waals surface area (Å²) in [5.74, 6) is -0.476. The normalized spacial score (nSPS) is 11.1. The fraction of sp³-hybridized carbons (Fsp3) is 0.250. The third kappa shape index (κ3) is 4.24. The maximum atomic E-state index is 13.6. The van der Waals surface area contributed by atoms with Gasteiger partial charge in [0.1, 0.15) is 16.4 Å². The van der Waals surface area contributed by atoms with Crippen molar-refractivity contribution in [3.8, 4) is 5.69 Å². The average molecular weight is 335 g/mol. The number of nitrogens with zero attached hydrogens (tertiary/aromatic N) is 2. The summed E-state index contributed by atoms with van der Waals surface area (Å²) >= 11 is 0. The van der Waals surface area contributed by atoms with Crippen LogP contribution in [-0.2, 0) is 10.0 Å². The molecule has 1 aromatic heterocycles. The van der Waals surface area contributed by atoms with Gasteiger partial charge >= 0.3 is 0 Å². The van der Waals surface area contributed by atoms with Crippen LogP contribution >= 0.6 is 12.4 Å². The molecule has 0 aliphatic rings. The summed E-state index contributed by atoms with van der Waals surface area (Å²) < 4.78 is 41.1. The molecule has 2 aromatic rings. The Morgan fingerprint density at radius 3 is 2.71 bits per heavy atom. The molecular formula is C12H16ClFN4O2S. The summed E-state index contributed by atoms with van der Waals surface area (Å²) in [6.45, 7) is 0.653. The van der Waals surface area contributed by atoms with Crippen LogP contribution in [0, 0.1) is 5.82 Å². The van der Waals surface area contributed by atoms with Crippen LogP contribution in [0.5, 0.6) is 0 Å². The lowest BCUT2D eigenvalue weighted by Gasteiger charge is -2.03. The van der Waals surface area contributed by atoms with E-state index in [-0.39, 0.29) is 29.5 Å². The largest absolute Gasteiger partial charge is 0.330 e. The minimum atomic E-state index is -3.64. The number of benzene rings is 1. The van der Waals surface area contributed by atoms with Crippen molar-refractivity contribution in [1.29, 1.82) is 0 Å². The Kier molecular flexibility index (Phi) is 6.28. The molecular weight excluding hydrogens is 319 g/mol. The SMILES string of the molecule is Cl.NCCCNS(=O)(=O)c1cnn(-c2ccccc2F)c1. The second-order valence-corrected chi connectivity index (χ2v) is 5.88. The average Bonchev–Trinajstić information content (AvgIpc) is 2.90. The number of para-hydroxylation sites is 1. The van der Waals surface area contributed by atoms with E-state index >= 15 is 0 Å². The molecule has 0 bridgehead atoms. The van der Waals surface area contributed by atoms with E-state index in [1.54, 1.807) is 12.1 Å². The standard InChI is InChI=1S/C12H15FN4O2S.ClH/c13-11-4-1-2-5-12(11)17-9-10(8-15-17)20(18,19)16-7-3-6-14;/h1-2,4-5,8-9,16H,3,6-7,14H2;1H. The summed E-state index contributed by atoms with van der Waals surface area (Å²) in [5, 5.41) is 3.87. The van der Waals surface area contributed by atoms with Crippen molar-refractivity contribution in [2.45, 2.75) is 11.3 Å². The van der Waals surface area contributed by atoms with E-state index in [1.165, 1.54) is 29.2 Å². The van der Waals surface area contributed by atoms with Crippen molar-refractivity contribution in [3.63, 3.8) is 0 Å². The van der Waals surface area contributed by atoms with Crippen LogP contribution in [0.2, 0.25) is 0 Å². The zero-order chi connectivity index (χ0) is 14.6. The van der Waals surface area contributed by atoms with Crippen LogP contribution in [0.3, 0.4) is 0 Å². The Balaban J connectivity index is 0.00000220. The third-order valence-electron chi connectivity index (χ3n) is 2.64. The molecule has 116 valence electrons. The highest BCUT2D eigenvalue weighted by Gasteiger charge is 2.16. The zero-order valence-corrected chi connectivity index (χ0v) is 12.7. The molecule has 0 saturated heterocycles. The van der Waals surface area contributed by atoms with Gasteiger partial charge in [-0.2, -0.15) is 5.10 Å². The Hall–Kier alpha value is -1.48. The summed E-state index contributed by atoms with van der Waals surface area (Å²) in [7, 11) is -3.64. The smallest absolute Gasteiger partial charge is 0.243 e. The fourth-order valence-electron chi connectivity index (χ4n) is 1.61. The molecule has 0 aliphatic heterocycles. The summed E-state index contributed by atoms with van der Waals surface area (Å²) in [6, 6.07) is 5.99. The Morgan fingerprint density at radius 2 is 2.05 bits per heavy atom. The maximum Gasteiger partial charge on any atom is 0.243 e. The molecule has 21 heavy (non-hydrogen) atoms. The molecule has 1 aromatic carbocycles. The van der Waals surface area contributed by atoms with Crippen molar-refractivity contribution in [2.75, 3.05) is 13.1 Å². The van der Waals surface area contributed by atoms with Crippen molar-refractivity contribution < 1.29 is 12.8 Å². The van der Waals surface area contributed by atoms with Crippen LogP contribution in [0.15, 0.2) is 41.6 Å². The van der Waals surface area contributed by atoms with Gasteiger partial charge in [-0.3, -0.25) is 0 Å². The van der Waals surface area contributed by atoms with Gasteiger partial charge in [0.2, 0.25) is 10.0 Å². The first-order chi connectivity index (χ1) is 9.54. The van der Waals surface area contributed by atoms with Gasteiger partial charge in [0.15, 0.2) is 0 Å². The molecule has 3 N–H and O–H groups in total. The quantitative estimate of drug-likeness (QED) is 0.773. The summed E-state index contributed by atoms with van der Waals surface area (Å²) in [6.07, 6.45) is 2.99. The van der Waals surface area contributed by atoms with E-state index in [2.05, 4.69) is 9.82 Å². The number of nitrogens with one attached hydrogen (secondary N) is 1. The van der Waals surface area contributed by atoms with Gasteiger partial charge in [-0.1, -0.05) is 12.1 Å². The van der Waals surface area contributed by atoms with E-state index in [0.717, 1.165) is 0 Å². The van der Waals surface area contributed by atoms with Gasteiger partial charge in [0, 0.05) is 6.54 Å². The second-order valence-electron chi connectivity index (χ2n) is 4.11. The molecule has 1 heterocycles. The maximum absolute atomic E-state index is 13.6. The number of sulfonamides is 1. The molecule has 0 spiro atoms. The van der Waals surface area contributed by atoms with E-state index in [9.17, 15) is 12.8 Å². The number of hydrogen-bond donors (Lipinski definition) is 2. The molecule has 2 rings (SSSR count). The number of hydrogen-bond acceptors (Lipinski definition) is 4. The first-order valence-corrected chi connectivity index (χ1v) is 7.52. The monoisotopic (exact) mass is 334 g/mol. The molecule has 9 heteroatoms. The van der Waals surface area contributed by atoms with Gasteiger partial charge < -0.3 is 5.73 Å². The second kappa shape index (κ2) is 7.51. The molecule has 0 radical (unpaired) electrons.